The van der Waals surface area contributed by atoms with Crippen LogP contribution in [0.3, 0.4) is 0 Å². The van der Waals surface area contributed by atoms with E-state index in [1.807, 2.05) is 12.2 Å². The molecule has 1 aromatic heterocycles. The molecule has 0 fully saturated rings. The van der Waals surface area contributed by atoms with Crippen molar-refractivity contribution in [2.75, 3.05) is 0 Å². The second-order valence-electron chi connectivity index (χ2n) is 6.60. The van der Waals surface area contributed by atoms with Crippen molar-refractivity contribution in [3.63, 3.8) is 0 Å². The molecule has 0 aliphatic heterocycles. The Labute approximate surface area is 177 Å². The van der Waals surface area contributed by atoms with Crippen LogP contribution < -0.4 is 11.2 Å². The van der Waals surface area contributed by atoms with Crippen molar-refractivity contribution in [3.8, 4) is 0 Å². The highest BCUT2D eigenvalue weighted by Gasteiger charge is 2.10. The molecular weight excluding hydrogens is 383 g/mol. The summed E-state index contributed by atoms with van der Waals surface area (Å²) in [5, 5.41) is 0. The van der Waals surface area contributed by atoms with Gasteiger partial charge in [-0.15, -0.1) is 0 Å². The van der Waals surface area contributed by atoms with E-state index in [2.05, 4.69) is 55.5 Å². The molecule has 162 valence electrons. The number of aromatic amines is 1. The van der Waals surface area contributed by atoms with Crippen molar-refractivity contribution in [1.82, 2.24) is 9.55 Å². The number of hydrogen-bond acceptors (Lipinski definition) is 3. The summed E-state index contributed by atoms with van der Waals surface area (Å²) in [6.45, 7) is 2.13. The molecule has 0 spiro atoms. The highest BCUT2D eigenvalue weighted by atomic mass is 19.1. The van der Waals surface area contributed by atoms with Crippen LogP contribution in [0.15, 0.2) is 76.5 Å². The summed E-state index contributed by atoms with van der Waals surface area (Å²) in [5.41, 5.74) is -2.04. The van der Waals surface area contributed by atoms with Crippen LogP contribution in [0.2, 0.25) is 0 Å². The van der Waals surface area contributed by atoms with Gasteiger partial charge in [0.2, 0.25) is 11.7 Å². The number of H-pyrrole nitrogens is 1. The molecule has 1 rings (SSSR count). The monoisotopic (exact) mass is 414 g/mol. The van der Waals surface area contributed by atoms with Crippen molar-refractivity contribution >= 4 is 5.91 Å². The van der Waals surface area contributed by atoms with E-state index in [0.717, 1.165) is 32.1 Å². The lowest BCUT2D eigenvalue weighted by Gasteiger charge is -2.02. The van der Waals surface area contributed by atoms with Crippen LogP contribution in [-0.2, 0) is 0 Å². The van der Waals surface area contributed by atoms with E-state index in [1.165, 1.54) is 0 Å². The zero-order chi connectivity index (χ0) is 22.0. The van der Waals surface area contributed by atoms with Crippen molar-refractivity contribution in [3.05, 3.63) is 93.6 Å². The second kappa shape index (κ2) is 15.9. The number of aromatic nitrogens is 2. The zero-order valence-corrected chi connectivity index (χ0v) is 17.6. The molecule has 30 heavy (non-hydrogen) atoms. The molecule has 0 aliphatic rings. The van der Waals surface area contributed by atoms with E-state index < -0.39 is 23.0 Å². The van der Waals surface area contributed by atoms with E-state index in [-0.39, 0.29) is 6.42 Å². The first-order chi connectivity index (χ1) is 14.6. The van der Waals surface area contributed by atoms with Crippen LogP contribution in [0.5, 0.6) is 0 Å². The number of nitrogens with zero attached hydrogens (tertiary/aromatic N) is 1. The summed E-state index contributed by atoms with van der Waals surface area (Å²) in [6, 6.07) is 0. The van der Waals surface area contributed by atoms with Gasteiger partial charge in [-0.25, -0.2) is 9.36 Å². The van der Waals surface area contributed by atoms with E-state index in [9.17, 15) is 18.8 Å². The summed E-state index contributed by atoms with van der Waals surface area (Å²) in [5.74, 6) is -1.69. The highest BCUT2D eigenvalue weighted by molar-refractivity contribution is 5.78. The van der Waals surface area contributed by atoms with Gasteiger partial charge in [0.05, 0.1) is 6.20 Å². The van der Waals surface area contributed by atoms with Gasteiger partial charge in [-0.2, -0.15) is 4.39 Å². The van der Waals surface area contributed by atoms with Crippen LogP contribution in [-0.4, -0.2) is 15.5 Å². The quantitative estimate of drug-likeness (QED) is 0.354. The molecule has 0 amide bonds. The fraction of sp³-hybridized carbons (Fsp3) is 0.375. The summed E-state index contributed by atoms with van der Waals surface area (Å²) in [4.78, 5) is 36.2. The molecule has 0 saturated carbocycles. The van der Waals surface area contributed by atoms with Gasteiger partial charge in [0, 0.05) is 6.42 Å². The van der Waals surface area contributed by atoms with Crippen LogP contribution in [0.4, 0.5) is 4.39 Å². The minimum Gasteiger partial charge on any atom is -0.274 e. The van der Waals surface area contributed by atoms with Crippen molar-refractivity contribution in [2.24, 2.45) is 0 Å². The van der Waals surface area contributed by atoms with Gasteiger partial charge in [0.1, 0.15) is 0 Å². The number of hydrogen-bond donors (Lipinski definition) is 1. The molecule has 1 heterocycles. The average Bonchev–Trinajstić information content (AvgIpc) is 2.72. The smallest absolute Gasteiger partial charge is 0.274 e. The third kappa shape index (κ3) is 11.1. The third-order valence-corrected chi connectivity index (χ3v) is 4.09. The number of nitrogens with one attached hydrogen (secondary N) is 1. The third-order valence-electron chi connectivity index (χ3n) is 4.09. The number of halogens is 1. The molecule has 0 radical (unpaired) electrons. The summed E-state index contributed by atoms with van der Waals surface area (Å²) < 4.78 is 13.8. The minimum atomic E-state index is -1.15. The standard InChI is InChI=1S/C24H31FN2O3/c1-2-3-4-5-6-7-8-9-10-11-12-13-14-15-16-17-18-19-22(28)27-20-21(25)23(29)26-24(27)30/h3-4,6-7,9-10,12-13,15-16,20H,2,5,8,11,14,17-19H2,1H3,(H,26,29,30). The predicted molar refractivity (Wildman–Crippen MR) is 120 cm³/mol. The average molecular weight is 415 g/mol. The lowest BCUT2D eigenvalue weighted by molar-refractivity contribution is 0.0892. The Kier molecular flexibility index (Phi) is 13.2. The Morgan fingerprint density at radius 3 is 1.93 bits per heavy atom. The summed E-state index contributed by atoms with van der Waals surface area (Å²) >= 11 is 0. The summed E-state index contributed by atoms with van der Waals surface area (Å²) in [7, 11) is 0. The van der Waals surface area contributed by atoms with Gasteiger partial charge in [0.25, 0.3) is 5.56 Å². The predicted octanol–water partition coefficient (Wildman–Crippen LogP) is 5.24. The van der Waals surface area contributed by atoms with Gasteiger partial charge in [-0.05, 0) is 44.9 Å². The number of unbranched alkanes of at least 4 members (excludes halogenated alkanes) is 1. The number of carbonyl (C=O) groups excluding carboxylic acids is 1. The Hall–Kier alpha value is -3.02. The molecule has 5 nitrogen and oxygen atoms in total. The van der Waals surface area contributed by atoms with Crippen molar-refractivity contribution in [2.45, 2.75) is 58.3 Å². The van der Waals surface area contributed by atoms with Gasteiger partial charge in [-0.1, -0.05) is 67.7 Å². The number of rotatable bonds is 13. The molecule has 0 unspecified atom stereocenters. The molecule has 1 N–H and O–H groups in total. The minimum absolute atomic E-state index is 0.0969. The lowest BCUT2D eigenvalue weighted by Crippen LogP contribution is -2.34. The Bertz CT molecular complexity index is 902. The maximum atomic E-state index is 13.2. The topological polar surface area (TPSA) is 71.9 Å². The Morgan fingerprint density at radius 2 is 1.40 bits per heavy atom. The maximum Gasteiger partial charge on any atom is 0.335 e. The number of allylic oxidation sites excluding steroid dienone is 10. The molecule has 0 saturated heterocycles. The molecule has 0 bridgehead atoms. The van der Waals surface area contributed by atoms with Gasteiger partial charge in [-0.3, -0.25) is 14.6 Å². The Balaban J connectivity index is 2.14. The fourth-order valence-corrected chi connectivity index (χ4v) is 2.49. The summed E-state index contributed by atoms with van der Waals surface area (Å²) in [6.07, 6.45) is 27.8. The van der Waals surface area contributed by atoms with Gasteiger partial charge in [0.15, 0.2) is 0 Å². The fourth-order valence-electron chi connectivity index (χ4n) is 2.49. The molecule has 0 aromatic carbocycles. The lowest BCUT2D eigenvalue weighted by atomic mass is 10.2. The molecule has 0 aliphatic carbocycles. The first-order valence-corrected chi connectivity index (χ1v) is 10.4. The maximum absolute atomic E-state index is 13.2. The molecular formula is C24H31FN2O3. The van der Waals surface area contributed by atoms with E-state index in [1.54, 1.807) is 4.98 Å². The van der Waals surface area contributed by atoms with Crippen LogP contribution in [0.25, 0.3) is 0 Å². The normalized spacial score (nSPS) is 12.5. The first-order valence-electron chi connectivity index (χ1n) is 10.4. The van der Waals surface area contributed by atoms with Crippen molar-refractivity contribution in [1.29, 1.82) is 0 Å². The molecule has 0 atom stereocenters. The molecule has 6 heteroatoms. The van der Waals surface area contributed by atoms with Crippen LogP contribution in [0.1, 0.15) is 63.1 Å². The van der Waals surface area contributed by atoms with E-state index in [0.29, 0.717) is 23.6 Å². The first kappa shape index (κ1) is 25.0. The van der Waals surface area contributed by atoms with Crippen molar-refractivity contribution < 1.29 is 9.18 Å². The van der Waals surface area contributed by atoms with Crippen LogP contribution in [0, 0.1) is 5.82 Å². The molecule has 1 aromatic rings. The second-order valence-corrected chi connectivity index (χ2v) is 6.60. The van der Waals surface area contributed by atoms with E-state index >= 15 is 0 Å². The number of carbonyl (C=O) groups is 1. The highest BCUT2D eigenvalue weighted by Crippen LogP contribution is 2.01. The Morgan fingerprint density at radius 1 is 0.900 bits per heavy atom. The van der Waals surface area contributed by atoms with Gasteiger partial charge < -0.3 is 0 Å². The SMILES string of the molecule is CCC=CCC=CCC=CCC=CCC=CCCCC(=O)n1cc(F)c(=O)[nH]c1=O. The van der Waals surface area contributed by atoms with Crippen LogP contribution >= 0.6 is 0 Å². The largest absolute Gasteiger partial charge is 0.335 e. The van der Waals surface area contributed by atoms with E-state index in [4.69, 9.17) is 0 Å². The zero-order valence-electron chi connectivity index (χ0n) is 17.6. The van der Waals surface area contributed by atoms with Gasteiger partial charge >= 0.3 is 5.69 Å².